The Balaban J connectivity index is 2.68. The molecule has 0 atom stereocenters. The highest BCUT2D eigenvalue weighted by Gasteiger charge is 2.20. The first-order valence-corrected chi connectivity index (χ1v) is 5.46. The van der Waals surface area contributed by atoms with Gasteiger partial charge in [-0.1, -0.05) is 12.1 Å². The maximum atomic E-state index is 11.1. The molecular weight excluding hydrogens is 232 g/mol. The van der Waals surface area contributed by atoms with E-state index in [4.69, 9.17) is 9.84 Å². The molecule has 0 bridgehead atoms. The van der Waals surface area contributed by atoms with Crippen LogP contribution in [-0.4, -0.2) is 28.0 Å². The average molecular weight is 246 g/mol. The number of hydrogen-bond donors (Lipinski definition) is 1. The van der Waals surface area contributed by atoms with Crippen molar-refractivity contribution in [1.82, 2.24) is 9.78 Å². The molecule has 2 rings (SSSR count). The Morgan fingerprint density at radius 1 is 1.39 bits per heavy atom. The van der Waals surface area contributed by atoms with Crippen molar-refractivity contribution in [1.29, 1.82) is 0 Å². The van der Waals surface area contributed by atoms with Gasteiger partial charge in [-0.05, 0) is 19.1 Å². The zero-order valence-electron chi connectivity index (χ0n) is 10.5. The van der Waals surface area contributed by atoms with E-state index in [0.717, 1.165) is 11.3 Å². The fraction of sp³-hybridized carbons (Fsp3) is 0.231. The highest BCUT2D eigenvalue weighted by molar-refractivity contribution is 5.90. The van der Waals surface area contributed by atoms with E-state index >= 15 is 0 Å². The third kappa shape index (κ3) is 1.84. The molecule has 0 unspecified atom stereocenters. The molecule has 0 amide bonds. The topological polar surface area (TPSA) is 64.3 Å². The maximum absolute atomic E-state index is 11.1. The predicted molar refractivity (Wildman–Crippen MR) is 66.9 cm³/mol. The highest BCUT2D eigenvalue weighted by atomic mass is 16.5. The van der Waals surface area contributed by atoms with Crippen LogP contribution in [-0.2, 0) is 7.05 Å². The number of hydrogen-bond acceptors (Lipinski definition) is 3. The molecule has 1 aromatic carbocycles. The Morgan fingerprint density at radius 3 is 2.61 bits per heavy atom. The summed E-state index contributed by atoms with van der Waals surface area (Å²) in [4.78, 5) is 11.1. The Morgan fingerprint density at radius 2 is 2.06 bits per heavy atom. The minimum absolute atomic E-state index is 0.0680. The molecule has 2 aromatic rings. The lowest BCUT2D eigenvalue weighted by Gasteiger charge is -2.09. The first kappa shape index (κ1) is 12.2. The minimum atomic E-state index is -1.02. The quantitative estimate of drug-likeness (QED) is 0.900. The molecule has 1 N–H and O–H groups in total. The molecule has 94 valence electrons. The van der Waals surface area contributed by atoms with Gasteiger partial charge in [0.15, 0.2) is 5.69 Å². The predicted octanol–water partition coefficient (Wildman–Crippen LogP) is 2.10. The largest absolute Gasteiger partial charge is 0.496 e. The fourth-order valence-corrected chi connectivity index (χ4v) is 2.05. The zero-order chi connectivity index (χ0) is 13.3. The number of carboxylic acid groups (broad SMARTS) is 1. The average Bonchev–Trinajstić information content (AvgIpc) is 2.65. The number of para-hydroxylation sites is 1. The van der Waals surface area contributed by atoms with Gasteiger partial charge in [-0.15, -0.1) is 0 Å². The summed E-state index contributed by atoms with van der Waals surface area (Å²) in [6, 6.07) is 7.47. The lowest BCUT2D eigenvalue weighted by atomic mass is 10.1. The van der Waals surface area contributed by atoms with E-state index in [1.54, 1.807) is 25.8 Å². The van der Waals surface area contributed by atoms with E-state index in [1.165, 1.54) is 0 Å². The molecule has 1 aromatic heterocycles. The van der Waals surface area contributed by atoms with Crippen molar-refractivity contribution in [3.8, 4) is 17.0 Å². The molecule has 0 saturated carbocycles. The van der Waals surface area contributed by atoms with Crippen molar-refractivity contribution in [3.63, 3.8) is 0 Å². The number of aromatic carboxylic acids is 1. The van der Waals surface area contributed by atoms with Gasteiger partial charge in [-0.2, -0.15) is 5.10 Å². The Labute approximate surface area is 105 Å². The van der Waals surface area contributed by atoms with Crippen LogP contribution in [0.1, 0.15) is 16.1 Å². The first-order chi connectivity index (χ1) is 8.56. The monoisotopic (exact) mass is 246 g/mol. The summed E-state index contributed by atoms with van der Waals surface area (Å²) in [5.41, 5.74) is 2.29. The number of carbonyl (C=O) groups is 1. The fourth-order valence-electron chi connectivity index (χ4n) is 2.05. The van der Waals surface area contributed by atoms with E-state index in [1.807, 2.05) is 24.3 Å². The summed E-state index contributed by atoms with van der Waals surface area (Å²) in [5.74, 6) is -0.329. The van der Waals surface area contributed by atoms with E-state index in [9.17, 15) is 4.79 Å². The highest BCUT2D eigenvalue weighted by Crippen LogP contribution is 2.32. The normalized spacial score (nSPS) is 10.4. The van der Waals surface area contributed by atoms with Crippen LogP contribution in [0.15, 0.2) is 24.3 Å². The maximum Gasteiger partial charge on any atom is 0.356 e. The molecule has 0 aliphatic carbocycles. The lowest BCUT2D eigenvalue weighted by molar-refractivity contribution is 0.0689. The van der Waals surface area contributed by atoms with Crippen LogP contribution < -0.4 is 4.74 Å². The van der Waals surface area contributed by atoms with Gasteiger partial charge in [-0.25, -0.2) is 4.79 Å². The number of ether oxygens (including phenoxy) is 1. The van der Waals surface area contributed by atoms with Crippen molar-refractivity contribution in [2.75, 3.05) is 7.11 Å². The summed E-state index contributed by atoms with van der Waals surface area (Å²) >= 11 is 0. The smallest absolute Gasteiger partial charge is 0.356 e. The van der Waals surface area contributed by atoms with Crippen molar-refractivity contribution < 1.29 is 14.6 Å². The molecule has 1 heterocycles. The van der Waals surface area contributed by atoms with Crippen molar-refractivity contribution in [3.05, 3.63) is 35.5 Å². The van der Waals surface area contributed by atoms with Crippen LogP contribution in [0.5, 0.6) is 5.75 Å². The van der Waals surface area contributed by atoms with Crippen LogP contribution >= 0.6 is 0 Å². The van der Waals surface area contributed by atoms with E-state index in [-0.39, 0.29) is 5.69 Å². The standard InChI is InChI=1S/C13H14N2O3/c1-8-11(13(16)17)14-15(2)12(8)9-6-4-5-7-10(9)18-3/h4-7H,1-3H3,(H,16,17). The number of methoxy groups -OCH3 is 1. The Bertz CT molecular complexity index is 602. The van der Waals surface area contributed by atoms with Crippen molar-refractivity contribution in [2.45, 2.75) is 6.92 Å². The van der Waals surface area contributed by atoms with Gasteiger partial charge < -0.3 is 9.84 Å². The number of aryl methyl sites for hydroxylation is 1. The summed E-state index contributed by atoms with van der Waals surface area (Å²) < 4.78 is 6.86. The molecular formula is C13H14N2O3. The number of carboxylic acids is 1. The Hall–Kier alpha value is -2.30. The van der Waals surface area contributed by atoms with Crippen LogP contribution in [0.4, 0.5) is 0 Å². The molecule has 0 saturated heterocycles. The number of benzene rings is 1. The molecule has 0 radical (unpaired) electrons. The summed E-state index contributed by atoms with van der Waals surface area (Å²) in [6.45, 7) is 1.75. The molecule has 18 heavy (non-hydrogen) atoms. The van der Waals surface area contributed by atoms with Gasteiger partial charge >= 0.3 is 5.97 Å². The van der Waals surface area contributed by atoms with E-state index in [2.05, 4.69) is 5.10 Å². The number of rotatable bonds is 3. The number of aromatic nitrogens is 2. The summed E-state index contributed by atoms with van der Waals surface area (Å²) in [5, 5.41) is 13.1. The van der Waals surface area contributed by atoms with Gasteiger partial charge in [0.2, 0.25) is 0 Å². The van der Waals surface area contributed by atoms with Crippen molar-refractivity contribution in [2.24, 2.45) is 7.05 Å². The van der Waals surface area contributed by atoms with Gasteiger partial charge in [0, 0.05) is 18.2 Å². The van der Waals surface area contributed by atoms with Gasteiger partial charge in [0.05, 0.1) is 12.8 Å². The number of nitrogens with zero attached hydrogens (tertiary/aromatic N) is 2. The third-order valence-corrected chi connectivity index (χ3v) is 2.85. The van der Waals surface area contributed by atoms with Crippen LogP contribution in [0.2, 0.25) is 0 Å². The Kier molecular flexibility index (Phi) is 3.06. The third-order valence-electron chi connectivity index (χ3n) is 2.85. The molecule has 5 nitrogen and oxygen atoms in total. The van der Waals surface area contributed by atoms with Crippen molar-refractivity contribution >= 4 is 5.97 Å². The van der Waals surface area contributed by atoms with Gasteiger partial charge in [-0.3, -0.25) is 4.68 Å². The van der Waals surface area contributed by atoms with Crippen LogP contribution in [0.3, 0.4) is 0 Å². The molecule has 0 spiro atoms. The second kappa shape index (κ2) is 4.52. The second-order valence-corrected chi connectivity index (χ2v) is 3.95. The molecule has 0 fully saturated rings. The summed E-state index contributed by atoms with van der Waals surface area (Å²) in [7, 11) is 3.31. The lowest BCUT2D eigenvalue weighted by Crippen LogP contribution is -2.00. The van der Waals surface area contributed by atoms with Crippen LogP contribution in [0, 0.1) is 6.92 Å². The zero-order valence-corrected chi connectivity index (χ0v) is 10.5. The van der Waals surface area contributed by atoms with E-state index in [0.29, 0.717) is 11.3 Å². The second-order valence-electron chi connectivity index (χ2n) is 3.95. The SMILES string of the molecule is COc1ccccc1-c1c(C)c(C(=O)O)nn1C. The summed E-state index contributed by atoms with van der Waals surface area (Å²) in [6.07, 6.45) is 0. The molecule has 5 heteroatoms. The van der Waals surface area contributed by atoms with Gasteiger partial charge in [0.25, 0.3) is 0 Å². The molecule has 0 aliphatic heterocycles. The van der Waals surface area contributed by atoms with Crippen LogP contribution in [0.25, 0.3) is 11.3 Å². The molecule has 0 aliphatic rings. The first-order valence-electron chi connectivity index (χ1n) is 5.46. The van der Waals surface area contributed by atoms with Gasteiger partial charge in [0.1, 0.15) is 5.75 Å². The van der Waals surface area contributed by atoms with E-state index < -0.39 is 5.97 Å². The minimum Gasteiger partial charge on any atom is -0.496 e.